The van der Waals surface area contributed by atoms with Gasteiger partial charge in [0.1, 0.15) is 0 Å². The van der Waals surface area contributed by atoms with Crippen LogP contribution in [0.5, 0.6) is 5.88 Å². The standard InChI is InChI=1S/C19H18N4O4/c1-26-17-11-13(8-9-20-17)12-21-19(25)23-15-6-4-14(5-7-15)22-18(24)16-3-2-10-27-16/h2-11H,12H2,1H3,(H,22,24)(H2,21,23,25). The first-order valence-electron chi connectivity index (χ1n) is 8.13. The predicted molar refractivity (Wildman–Crippen MR) is 99.8 cm³/mol. The first-order valence-corrected chi connectivity index (χ1v) is 8.13. The van der Waals surface area contributed by atoms with E-state index >= 15 is 0 Å². The number of rotatable bonds is 6. The number of ether oxygens (including phenoxy) is 1. The highest BCUT2D eigenvalue weighted by Crippen LogP contribution is 2.15. The van der Waals surface area contributed by atoms with Crippen LogP contribution in [0.3, 0.4) is 0 Å². The number of amides is 3. The van der Waals surface area contributed by atoms with Gasteiger partial charge in [-0.2, -0.15) is 0 Å². The van der Waals surface area contributed by atoms with Crippen LogP contribution in [0.4, 0.5) is 16.2 Å². The van der Waals surface area contributed by atoms with Gasteiger partial charge in [-0.1, -0.05) is 0 Å². The molecule has 0 fully saturated rings. The van der Waals surface area contributed by atoms with Gasteiger partial charge in [-0.3, -0.25) is 4.79 Å². The summed E-state index contributed by atoms with van der Waals surface area (Å²) < 4.78 is 10.1. The SMILES string of the molecule is COc1cc(CNC(=O)Nc2ccc(NC(=O)c3ccco3)cc2)ccn1. The van der Waals surface area contributed by atoms with Crippen molar-refractivity contribution in [1.29, 1.82) is 0 Å². The summed E-state index contributed by atoms with van der Waals surface area (Å²) in [6.45, 7) is 0.335. The fourth-order valence-corrected chi connectivity index (χ4v) is 2.27. The number of hydrogen-bond donors (Lipinski definition) is 3. The lowest BCUT2D eigenvalue weighted by molar-refractivity contribution is 0.0996. The molecule has 8 heteroatoms. The number of carbonyl (C=O) groups is 2. The molecule has 3 amide bonds. The van der Waals surface area contributed by atoms with Crippen LogP contribution in [0.25, 0.3) is 0 Å². The molecule has 3 aromatic rings. The molecule has 0 unspecified atom stereocenters. The zero-order chi connectivity index (χ0) is 19.1. The number of benzene rings is 1. The number of methoxy groups -OCH3 is 1. The van der Waals surface area contributed by atoms with Crippen LogP contribution >= 0.6 is 0 Å². The van der Waals surface area contributed by atoms with Gasteiger partial charge >= 0.3 is 6.03 Å². The molecule has 0 aliphatic rings. The molecule has 0 spiro atoms. The molecule has 3 N–H and O–H groups in total. The van der Waals surface area contributed by atoms with E-state index in [0.29, 0.717) is 23.8 Å². The second-order valence-corrected chi connectivity index (χ2v) is 5.52. The van der Waals surface area contributed by atoms with E-state index in [-0.39, 0.29) is 17.7 Å². The van der Waals surface area contributed by atoms with E-state index in [1.807, 2.05) is 0 Å². The highest BCUT2D eigenvalue weighted by Gasteiger charge is 2.09. The van der Waals surface area contributed by atoms with Crippen molar-refractivity contribution in [1.82, 2.24) is 10.3 Å². The first-order chi connectivity index (χ1) is 13.1. The number of anilines is 2. The molecule has 0 saturated heterocycles. The minimum Gasteiger partial charge on any atom is -0.481 e. The molecule has 8 nitrogen and oxygen atoms in total. The number of pyridine rings is 1. The summed E-state index contributed by atoms with van der Waals surface area (Å²) >= 11 is 0. The predicted octanol–water partition coefficient (Wildman–Crippen LogP) is 3.26. The van der Waals surface area contributed by atoms with Crippen molar-refractivity contribution in [2.24, 2.45) is 0 Å². The van der Waals surface area contributed by atoms with Crippen molar-refractivity contribution in [2.75, 3.05) is 17.7 Å². The minimum absolute atomic E-state index is 0.226. The average Bonchev–Trinajstić information content (AvgIpc) is 3.23. The molecule has 2 heterocycles. The highest BCUT2D eigenvalue weighted by atomic mass is 16.5. The number of carbonyl (C=O) groups excluding carboxylic acids is 2. The van der Waals surface area contributed by atoms with Gasteiger partial charge in [0, 0.05) is 30.2 Å². The zero-order valence-electron chi connectivity index (χ0n) is 14.6. The Morgan fingerprint density at radius 1 is 1.07 bits per heavy atom. The van der Waals surface area contributed by atoms with Crippen molar-refractivity contribution in [3.63, 3.8) is 0 Å². The van der Waals surface area contributed by atoms with E-state index in [2.05, 4.69) is 20.9 Å². The summed E-state index contributed by atoms with van der Waals surface area (Å²) in [4.78, 5) is 27.9. The third kappa shape index (κ3) is 5.08. The molecule has 2 aromatic heterocycles. The lowest BCUT2D eigenvalue weighted by Gasteiger charge is -2.09. The van der Waals surface area contributed by atoms with Crippen molar-refractivity contribution in [3.8, 4) is 5.88 Å². The highest BCUT2D eigenvalue weighted by molar-refractivity contribution is 6.02. The lowest BCUT2D eigenvalue weighted by Crippen LogP contribution is -2.28. The summed E-state index contributed by atoms with van der Waals surface area (Å²) in [6, 6.07) is 13.2. The molecule has 0 bridgehead atoms. The molecule has 0 saturated carbocycles. The number of urea groups is 1. The van der Waals surface area contributed by atoms with Gasteiger partial charge in [0.25, 0.3) is 5.91 Å². The van der Waals surface area contributed by atoms with Crippen LogP contribution in [-0.2, 0) is 6.54 Å². The van der Waals surface area contributed by atoms with Gasteiger partial charge < -0.3 is 25.1 Å². The van der Waals surface area contributed by atoms with Crippen molar-refractivity contribution in [2.45, 2.75) is 6.54 Å². The van der Waals surface area contributed by atoms with Crippen LogP contribution in [-0.4, -0.2) is 24.0 Å². The fraction of sp³-hybridized carbons (Fsp3) is 0.105. The van der Waals surface area contributed by atoms with Crippen LogP contribution in [0.1, 0.15) is 16.1 Å². The quantitative estimate of drug-likeness (QED) is 0.621. The maximum Gasteiger partial charge on any atom is 0.319 e. The Balaban J connectivity index is 1.50. The van der Waals surface area contributed by atoms with E-state index in [4.69, 9.17) is 9.15 Å². The molecule has 138 valence electrons. The largest absolute Gasteiger partial charge is 0.481 e. The Morgan fingerprint density at radius 2 is 1.81 bits per heavy atom. The van der Waals surface area contributed by atoms with Crippen LogP contribution in [0.15, 0.2) is 65.4 Å². The first kappa shape index (κ1) is 18.0. The van der Waals surface area contributed by atoms with Crippen LogP contribution in [0, 0.1) is 0 Å². The van der Waals surface area contributed by atoms with E-state index in [9.17, 15) is 9.59 Å². The average molecular weight is 366 g/mol. The Bertz CT molecular complexity index is 908. The summed E-state index contributed by atoms with van der Waals surface area (Å²) in [5.41, 5.74) is 2.05. The Kier molecular flexibility index (Phi) is 5.68. The summed E-state index contributed by atoms with van der Waals surface area (Å²) in [5, 5.41) is 8.17. The molecule has 0 aliphatic heterocycles. The molecular weight excluding hydrogens is 348 g/mol. The van der Waals surface area contributed by atoms with Crippen LogP contribution < -0.4 is 20.7 Å². The van der Waals surface area contributed by atoms with E-state index in [1.165, 1.54) is 13.4 Å². The molecular formula is C19H18N4O4. The minimum atomic E-state index is -0.349. The lowest BCUT2D eigenvalue weighted by atomic mass is 10.2. The summed E-state index contributed by atoms with van der Waals surface area (Å²) in [7, 11) is 1.53. The summed E-state index contributed by atoms with van der Waals surface area (Å²) in [5.74, 6) is 0.373. The molecule has 0 radical (unpaired) electrons. The second-order valence-electron chi connectivity index (χ2n) is 5.52. The number of nitrogens with one attached hydrogen (secondary N) is 3. The normalized spacial score (nSPS) is 10.1. The molecule has 3 rings (SSSR count). The zero-order valence-corrected chi connectivity index (χ0v) is 14.6. The maximum absolute atomic E-state index is 12.0. The third-order valence-corrected chi connectivity index (χ3v) is 3.61. The number of hydrogen-bond acceptors (Lipinski definition) is 5. The van der Waals surface area contributed by atoms with Crippen molar-refractivity contribution < 1.29 is 18.7 Å². The Labute approximate surface area is 155 Å². The molecule has 27 heavy (non-hydrogen) atoms. The van der Waals surface area contributed by atoms with E-state index < -0.39 is 0 Å². The van der Waals surface area contributed by atoms with Crippen molar-refractivity contribution in [3.05, 3.63) is 72.3 Å². The van der Waals surface area contributed by atoms with E-state index in [0.717, 1.165) is 5.56 Å². The smallest absolute Gasteiger partial charge is 0.319 e. The van der Waals surface area contributed by atoms with Gasteiger partial charge in [0.15, 0.2) is 5.76 Å². The maximum atomic E-state index is 12.0. The van der Waals surface area contributed by atoms with Gasteiger partial charge in [0.05, 0.1) is 13.4 Å². The molecule has 0 aliphatic carbocycles. The number of nitrogens with zero attached hydrogens (tertiary/aromatic N) is 1. The Hall–Kier alpha value is -3.81. The van der Waals surface area contributed by atoms with Gasteiger partial charge in [-0.05, 0) is 48.0 Å². The monoisotopic (exact) mass is 366 g/mol. The van der Waals surface area contributed by atoms with Gasteiger partial charge in [-0.15, -0.1) is 0 Å². The van der Waals surface area contributed by atoms with Gasteiger partial charge in [0.2, 0.25) is 5.88 Å². The topological polar surface area (TPSA) is 105 Å². The van der Waals surface area contributed by atoms with E-state index in [1.54, 1.807) is 54.7 Å². The van der Waals surface area contributed by atoms with Gasteiger partial charge in [-0.25, -0.2) is 9.78 Å². The number of furan rings is 1. The van der Waals surface area contributed by atoms with Crippen molar-refractivity contribution >= 4 is 23.3 Å². The second kappa shape index (κ2) is 8.52. The molecule has 1 aromatic carbocycles. The fourth-order valence-electron chi connectivity index (χ4n) is 2.27. The summed E-state index contributed by atoms with van der Waals surface area (Å²) in [6.07, 6.45) is 3.05. The Morgan fingerprint density at radius 3 is 2.48 bits per heavy atom. The number of aromatic nitrogens is 1. The molecule has 0 atom stereocenters. The van der Waals surface area contributed by atoms with Crippen LogP contribution in [0.2, 0.25) is 0 Å². The third-order valence-electron chi connectivity index (χ3n) is 3.61.